The highest BCUT2D eigenvalue weighted by Gasteiger charge is 2.08. The van der Waals surface area contributed by atoms with E-state index in [-0.39, 0.29) is 5.75 Å². The number of ether oxygens (including phenoxy) is 1. The number of benzene rings is 1. The standard InChI is InChI=1S/C25H44O4S/c1-3-5-7-9-11-13-16-23-18-19-25(29-20-15-21-30(26,27)28)24(22-23)17-14-12-10-8-6-4-2/h18-19,22H,3-17,20-21H2,1-2H3,(H,26,27,28). The highest BCUT2D eigenvalue weighted by Crippen LogP contribution is 2.24. The topological polar surface area (TPSA) is 63.6 Å². The zero-order chi connectivity index (χ0) is 22.1. The number of rotatable bonds is 19. The van der Waals surface area contributed by atoms with Crippen LogP contribution in [0.2, 0.25) is 0 Å². The third-order valence-electron chi connectivity index (χ3n) is 5.55. The van der Waals surface area contributed by atoms with Crippen molar-refractivity contribution in [2.45, 2.75) is 110 Å². The Kier molecular flexibility index (Phi) is 14.9. The molecular formula is C25H44O4S. The molecule has 0 heterocycles. The number of hydrogen-bond acceptors (Lipinski definition) is 3. The molecule has 1 rings (SSSR count). The quantitative estimate of drug-likeness (QED) is 0.183. The minimum Gasteiger partial charge on any atom is -0.493 e. The van der Waals surface area contributed by atoms with E-state index in [2.05, 4.69) is 26.0 Å². The molecule has 0 atom stereocenters. The molecule has 0 aliphatic carbocycles. The molecule has 0 amide bonds. The summed E-state index contributed by atoms with van der Waals surface area (Å²) in [6, 6.07) is 6.48. The summed E-state index contributed by atoms with van der Waals surface area (Å²) in [7, 11) is -3.92. The molecule has 174 valence electrons. The van der Waals surface area contributed by atoms with Crippen LogP contribution in [0.5, 0.6) is 5.75 Å². The van der Waals surface area contributed by atoms with Crippen LogP contribution >= 0.6 is 0 Å². The predicted octanol–water partition coefficient (Wildman–Crippen LogP) is 7.15. The monoisotopic (exact) mass is 440 g/mol. The van der Waals surface area contributed by atoms with Crippen LogP contribution in [0.25, 0.3) is 0 Å². The third-order valence-corrected chi connectivity index (χ3v) is 6.35. The molecule has 0 aliphatic heterocycles. The summed E-state index contributed by atoms with van der Waals surface area (Å²) in [6.45, 7) is 4.79. The second-order valence-electron chi connectivity index (χ2n) is 8.47. The Morgan fingerprint density at radius 1 is 0.767 bits per heavy atom. The first-order chi connectivity index (χ1) is 14.5. The van der Waals surface area contributed by atoms with Gasteiger partial charge in [0.05, 0.1) is 12.4 Å². The van der Waals surface area contributed by atoms with Crippen LogP contribution in [0, 0.1) is 0 Å². The molecule has 1 N–H and O–H groups in total. The average Bonchev–Trinajstić information content (AvgIpc) is 2.71. The SMILES string of the molecule is CCCCCCCCc1ccc(OCCCS(=O)(=O)O)c(CCCCCCCC)c1. The zero-order valence-electron chi connectivity index (χ0n) is 19.3. The number of unbranched alkanes of at least 4 members (excludes halogenated alkanes) is 10. The largest absolute Gasteiger partial charge is 0.493 e. The van der Waals surface area contributed by atoms with Crippen molar-refractivity contribution in [3.8, 4) is 5.75 Å². The lowest BCUT2D eigenvalue weighted by atomic mass is 9.99. The van der Waals surface area contributed by atoms with Crippen molar-refractivity contribution in [2.24, 2.45) is 0 Å². The second kappa shape index (κ2) is 16.6. The molecule has 0 radical (unpaired) electrons. The maximum absolute atomic E-state index is 10.9. The van der Waals surface area contributed by atoms with E-state index in [1.54, 1.807) is 0 Å². The summed E-state index contributed by atoms with van der Waals surface area (Å²) in [5, 5.41) is 0. The van der Waals surface area contributed by atoms with Gasteiger partial charge in [0.15, 0.2) is 0 Å². The Hall–Kier alpha value is -1.07. The molecule has 0 unspecified atom stereocenters. The van der Waals surface area contributed by atoms with E-state index in [0.717, 1.165) is 25.0 Å². The molecule has 30 heavy (non-hydrogen) atoms. The van der Waals surface area contributed by atoms with Crippen molar-refractivity contribution in [3.63, 3.8) is 0 Å². The van der Waals surface area contributed by atoms with Gasteiger partial charge in [-0.05, 0) is 49.3 Å². The molecule has 0 bridgehead atoms. The van der Waals surface area contributed by atoms with Crippen LogP contribution in [0.1, 0.15) is 108 Å². The summed E-state index contributed by atoms with van der Waals surface area (Å²) in [6.07, 6.45) is 17.8. The first kappa shape index (κ1) is 27.0. The van der Waals surface area contributed by atoms with Gasteiger partial charge in [-0.2, -0.15) is 8.42 Å². The average molecular weight is 441 g/mol. The van der Waals surface area contributed by atoms with E-state index in [1.165, 1.54) is 81.8 Å². The first-order valence-electron chi connectivity index (χ1n) is 12.2. The first-order valence-corrected chi connectivity index (χ1v) is 13.8. The van der Waals surface area contributed by atoms with E-state index in [9.17, 15) is 8.42 Å². The van der Waals surface area contributed by atoms with Gasteiger partial charge in [-0.15, -0.1) is 0 Å². The maximum atomic E-state index is 10.9. The molecule has 5 heteroatoms. The van der Waals surface area contributed by atoms with Crippen molar-refractivity contribution >= 4 is 10.1 Å². The lowest BCUT2D eigenvalue weighted by molar-refractivity contribution is 0.312. The molecule has 1 aromatic carbocycles. The molecule has 0 aromatic heterocycles. The van der Waals surface area contributed by atoms with Gasteiger partial charge in [0.25, 0.3) is 10.1 Å². The fourth-order valence-corrected chi connectivity index (χ4v) is 4.24. The fourth-order valence-electron chi connectivity index (χ4n) is 3.75. The summed E-state index contributed by atoms with van der Waals surface area (Å²) in [5.74, 6) is 0.612. The Morgan fingerprint density at radius 3 is 1.93 bits per heavy atom. The van der Waals surface area contributed by atoms with Gasteiger partial charge in [-0.3, -0.25) is 4.55 Å². The smallest absolute Gasteiger partial charge is 0.264 e. The van der Waals surface area contributed by atoms with E-state index in [0.29, 0.717) is 13.0 Å². The van der Waals surface area contributed by atoms with Crippen LogP contribution in [-0.2, 0) is 23.0 Å². The predicted molar refractivity (Wildman–Crippen MR) is 127 cm³/mol. The Morgan fingerprint density at radius 2 is 1.33 bits per heavy atom. The van der Waals surface area contributed by atoms with Crippen molar-refractivity contribution in [2.75, 3.05) is 12.4 Å². The molecular weight excluding hydrogens is 396 g/mol. The summed E-state index contributed by atoms with van der Waals surface area (Å²) in [4.78, 5) is 0. The zero-order valence-corrected chi connectivity index (χ0v) is 20.1. The van der Waals surface area contributed by atoms with Gasteiger partial charge in [-0.25, -0.2) is 0 Å². The Labute approximate surface area is 185 Å². The number of aryl methyl sites for hydroxylation is 2. The third kappa shape index (κ3) is 14.0. The van der Waals surface area contributed by atoms with Crippen molar-refractivity contribution in [1.82, 2.24) is 0 Å². The molecule has 1 aromatic rings. The van der Waals surface area contributed by atoms with Gasteiger partial charge >= 0.3 is 0 Å². The van der Waals surface area contributed by atoms with E-state index in [1.807, 2.05) is 6.07 Å². The molecule has 4 nitrogen and oxygen atoms in total. The lowest BCUT2D eigenvalue weighted by Crippen LogP contribution is -2.09. The Balaban J connectivity index is 2.56. The summed E-state index contributed by atoms with van der Waals surface area (Å²) >= 11 is 0. The van der Waals surface area contributed by atoms with Crippen LogP contribution in [0.15, 0.2) is 18.2 Å². The highest BCUT2D eigenvalue weighted by molar-refractivity contribution is 7.85. The van der Waals surface area contributed by atoms with Crippen LogP contribution < -0.4 is 4.74 Å². The van der Waals surface area contributed by atoms with E-state index in [4.69, 9.17) is 9.29 Å². The lowest BCUT2D eigenvalue weighted by Gasteiger charge is -2.14. The summed E-state index contributed by atoms with van der Waals surface area (Å²) < 4.78 is 36.5. The van der Waals surface area contributed by atoms with Crippen LogP contribution in [0.4, 0.5) is 0 Å². The van der Waals surface area contributed by atoms with Crippen molar-refractivity contribution < 1.29 is 17.7 Å². The minimum atomic E-state index is -3.92. The van der Waals surface area contributed by atoms with Gasteiger partial charge in [0.1, 0.15) is 5.75 Å². The van der Waals surface area contributed by atoms with E-state index >= 15 is 0 Å². The summed E-state index contributed by atoms with van der Waals surface area (Å²) in [5.41, 5.74) is 2.61. The van der Waals surface area contributed by atoms with Crippen LogP contribution in [0.3, 0.4) is 0 Å². The molecule has 0 fully saturated rings. The molecule has 0 saturated carbocycles. The van der Waals surface area contributed by atoms with E-state index < -0.39 is 10.1 Å². The minimum absolute atomic E-state index is 0.254. The van der Waals surface area contributed by atoms with Crippen molar-refractivity contribution in [3.05, 3.63) is 29.3 Å². The number of hydrogen-bond donors (Lipinski definition) is 1. The molecule has 0 saturated heterocycles. The highest BCUT2D eigenvalue weighted by atomic mass is 32.2. The van der Waals surface area contributed by atoms with Crippen LogP contribution in [-0.4, -0.2) is 25.3 Å². The maximum Gasteiger partial charge on any atom is 0.264 e. The van der Waals surface area contributed by atoms with Crippen molar-refractivity contribution in [1.29, 1.82) is 0 Å². The molecule has 0 aliphatic rings. The second-order valence-corrected chi connectivity index (χ2v) is 10.0. The fraction of sp³-hybridized carbons (Fsp3) is 0.760. The van der Waals surface area contributed by atoms with Gasteiger partial charge in [0, 0.05) is 0 Å². The van der Waals surface area contributed by atoms with Gasteiger partial charge in [0.2, 0.25) is 0 Å². The van der Waals surface area contributed by atoms with Gasteiger partial charge in [-0.1, -0.05) is 90.2 Å². The Bertz CT molecular complexity index is 655. The molecule has 0 spiro atoms. The van der Waals surface area contributed by atoms with Gasteiger partial charge < -0.3 is 4.74 Å². The normalized spacial score (nSPS) is 11.7.